The molecular weight excluding hydrogens is 777 g/mol. The standard InChI is InChI=1S/C60H42N2Si/c1-6-21-43(22-7-1)44-39-41-46(42-40-44)61-55-36-17-16-31-51(55)52-34-19-37-56(59(52)61)62-58-50(45-23-8-2-9-24-45)32-18-33-53(58)54-35-20-38-57(60(54)62)63(47-25-10-3-11-26-47,48-27-12-4-13-28-48)49-29-14-5-15-30-49/h1-42H. The van der Waals surface area contributed by atoms with Gasteiger partial charge in [-0.1, -0.05) is 231 Å². The maximum atomic E-state index is 2.65. The molecule has 0 amide bonds. The third-order valence-electron chi connectivity index (χ3n) is 13.1. The fourth-order valence-corrected chi connectivity index (χ4v) is 15.4. The van der Waals surface area contributed by atoms with E-state index in [9.17, 15) is 0 Å². The highest BCUT2D eigenvalue weighted by Gasteiger charge is 2.43. The van der Waals surface area contributed by atoms with Crippen LogP contribution in [0.4, 0.5) is 0 Å². The molecule has 0 atom stereocenters. The Balaban J connectivity index is 1.28. The number of para-hydroxylation sites is 4. The first kappa shape index (κ1) is 36.8. The first-order valence-corrected chi connectivity index (χ1v) is 23.8. The molecule has 0 unspecified atom stereocenters. The first-order chi connectivity index (χ1) is 31.3. The highest BCUT2D eigenvalue weighted by molar-refractivity contribution is 7.20. The van der Waals surface area contributed by atoms with Gasteiger partial charge in [0.25, 0.3) is 0 Å². The summed E-state index contributed by atoms with van der Waals surface area (Å²) in [6, 6.07) is 94.4. The van der Waals surface area contributed by atoms with E-state index in [1.165, 1.54) is 86.6 Å². The van der Waals surface area contributed by atoms with Gasteiger partial charge in [-0.2, -0.15) is 0 Å². The van der Waals surface area contributed by atoms with E-state index in [2.05, 4.69) is 264 Å². The van der Waals surface area contributed by atoms with Crippen LogP contribution < -0.4 is 20.7 Å². The van der Waals surface area contributed by atoms with Crippen LogP contribution in [0.25, 0.3) is 77.2 Å². The lowest BCUT2D eigenvalue weighted by Gasteiger charge is -2.35. The molecule has 0 fully saturated rings. The Morgan fingerprint density at radius 1 is 0.270 bits per heavy atom. The maximum Gasteiger partial charge on any atom is 0.181 e. The van der Waals surface area contributed by atoms with Crippen LogP contribution in [0.3, 0.4) is 0 Å². The molecule has 2 nitrogen and oxygen atoms in total. The highest BCUT2D eigenvalue weighted by Crippen LogP contribution is 2.42. The number of rotatable bonds is 8. The number of hydrogen-bond donors (Lipinski definition) is 0. The molecule has 0 aliphatic heterocycles. The second-order valence-corrected chi connectivity index (χ2v) is 20.2. The Bertz CT molecular complexity index is 3480. The van der Waals surface area contributed by atoms with Gasteiger partial charge in [0.15, 0.2) is 8.07 Å². The quantitative estimate of drug-likeness (QED) is 0.107. The molecule has 10 aromatic carbocycles. The summed E-state index contributed by atoms with van der Waals surface area (Å²) in [7, 11) is -3.03. The predicted molar refractivity (Wildman–Crippen MR) is 270 cm³/mol. The van der Waals surface area contributed by atoms with Crippen molar-refractivity contribution in [1.82, 2.24) is 9.13 Å². The second kappa shape index (κ2) is 15.2. The Hall–Kier alpha value is -7.98. The van der Waals surface area contributed by atoms with Crippen molar-refractivity contribution in [2.75, 3.05) is 0 Å². The molecule has 0 N–H and O–H groups in total. The van der Waals surface area contributed by atoms with Crippen molar-refractivity contribution in [2.45, 2.75) is 0 Å². The van der Waals surface area contributed by atoms with E-state index in [1.54, 1.807) is 0 Å². The summed E-state index contributed by atoms with van der Waals surface area (Å²) in [5, 5.41) is 10.3. The van der Waals surface area contributed by atoms with Gasteiger partial charge in [-0.15, -0.1) is 0 Å². The van der Waals surface area contributed by atoms with Crippen LogP contribution >= 0.6 is 0 Å². The molecular formula is C60H42N2Si. The Morgan fingerprint density at radius 3 is 1.32 bits per heavy atom. The molecule has 12 rings (SSSR count). The van der Waals surface area contributed by atoms with Gasteiger partial charge in [-0.25, -0.2) is 0 Å². The molecule has 12 aromatic rings. The minimum atomic E-state index is -3.03. The van der Waals surface area contributed by atoms with Crippen molar-refractivity contribution in [3.63, 3.8) is 0 Å². The fraction of sp³-hybridized carbons (Fsp3) is 0. The zero-order valence-electron chi connectivity index (χ0n) is 34.6. The zero-order valence-corrected chi connectivity index (χ0v) is 35.6. The third kappa shape index (κ3) is 5.78. The molecule has 2 aromatic heterocycles. The largest absolute Gasteiger partial charge is 0.307 e. The van der Waals surface area contributed by atoms with Gasteiger partial charge < -0.3 is 9.13 Å². The van der Waals surface area contributed by atoms with E-state index >= 15 is 0 Å². The Morgan fingerprint density at radius 2 is 0.714 bits per heavy atom. The van der Waals surface area contributed by atoms with Gasteiger partial charge in [-0.3, -0.25) is 0 Å². The Labute approximate surface area is 368 Å². The van der Waals surface area contributed by atoms with Crippen molar-refractivity contribution < 1.29 is 0 Å². The van der Waals surface area contributed by atoms with Crippen LogP contribution in [-0.2, 0) is 0 Å². The van der Waals surface area contributed by atoms with Gasteiger partial charge in [0, 0.05) is 32.8 Å². The lowest BCUT2D eigenvalue weighted by atomic mass is 10.0. The van der Waals surface area contributed by atoms with Gasteiger partial charge in [0.1, 0.15) is 0 Å². The predicted octanol–water partition coefficient (Wildman–Crippen LogP) is 12.6. The average molecular weight is 819 g/mol. The number of fused-ring (bicyclic) bond motifs is 6. The van der Waals surface area contributed by atoms with Crippen LogP contribution in [0, 0.1) is 0 Å². The van der Waals surface area contributed by atoms with Crippen LogP contribution in [-0.4, -0.2) is 17.2 Å². The molecule has 0 saturated heterocycles. The molecule has 0 saturated carbocycles. The Kier molecular flexibility index (Phi) is 8.87. The summed E-state index contributed by atoms with van der Waals surface area (Å²) in [5.41, 5.74) is 11.9. The van der Waals surface area contributed by atoms with Crippen LogP contribution in [0.15, 0.2) is 255 Å². The summed E-state index contributed by atoms with van der Waals surface area (Å²) in [6.45, 7) is 0. The summed E-state index contributed by atoms with van der Waals surface area (Å²) in [4.78, 5) is 0. The van der Waals surface area contributed by atoms with Crippen molar-refractivity contribution >= 4 is 72.4 Å². The first-order valence-electron chi connectivity index (χ1n) is 21.8. The lowest BCUT2D eigenvalue weighted by Crippen LogP contribution is -2.75. The van der Waals surface area contributed by atoms with Crippen molar-refractivity contribution in [3.8, 4) is 33.6 Å². The minimum Gasteiger partial charge on any atom is -0.307 e. The maximum absolute atomic E-state index is 3.03. The smallest absolute Gasteiger partial charge is 0.181 e. The zero-order chi connectivity index (χ0) is 41.7. The SMILES string of the molecule is c1ccc(-c2ccc(-n3c4ccccc4c4cccc(-n5c6c(-c7ccccc7)cccc6c6cccc([Si](c7ccccc7)(c7ccccc7)c7ccccc7)c65)c43)cc2)cc1. The molecule has 2 heterocycles. The van der Waals surface area contributed by atoms with Gasteiger partial charge in [0.2, 0.25) is 0 Å². The number of hydrogen-bond acceptors (Lipinski definition) is 0. The normalized spacial score (nSPS) is 11.8. The molecule has 0 radical (unpaired) electrons. The van der Waals surface area contributed by atoms with Crippen LogP contribution in [0.1, 0.15) is 0 Å². The topological polar surface area (TPSA) is 9.86 Å². The van der Waals surface area contributed by atoms with Gasteiger partial charge in [0.05, 0.1) is 27.8 Å². The van der Waals surface area contributed by atoms with Crippen LogP contribution in [0.2, 0.25) is 0 Å². The molecule has 0 aliphatic rings. The van der Waals surface area contributed by atoms with Crippen molar-refractivity contribution in [3.05, 3.63) is 255 Å². The van der Waals surface area contributed by atoms with E-state index in [-0.39, 0.29) is 0 Å². The molecule has 3 heteroatoms. The van der Waals surface area contributed by atoms with Crippen molar-refractivity contribution in [1.29, 1.82) is 0 Å². The number of aromatic nitrogens is 2. The molecule has 63 heavy (non-hydrogen) atoms. The van der Waals surface area contributed by atoms with E-state index in [4.69, 9.17) is 0 Å². The number of benzene rings is 10. The molecule has 0 aliphatic carbocycles. The summed E-state index contributed by atoms with van der Waals surface area (Å²) in [6.07, 6.45) is 0. The second-order valence-electron chi connectivity index (χ2n) is 16.4. The fourth-order valence-electron chi connectivity index (χ4n) is 10.4. The minimum absolute atomic E-state index is 1.12. The van der Waals surface area contributed by atoms with E-state index in [0.717, 1.165) is 11.4 Å². The third-order valence-corrected chi connectivity index (χ3v) is 17.9. The molecule has 0 spiro atoms. The van der Waals surface area contributed by atoms with Crippen molar-refractivity contribution in [2.24, 2.45) is 0 Å². The van der Waals surface area contributed by atoms with Gasteiger partial charge >= 0.3 is 0 Å². The average Bonchev–Trinajstić information content (AvgIpc) is 3.90. The number of nitrogens with zero attached hydrogens (tertiary/aromatic N) is 2. The van der Waals surface area contributed by atoms with Crippen LogP contribution in [0.5, 0.6) is 0 Å². The summed E-state index contributed by atoms with van der Waals surface area (Å²) in [5.74, 6) is 0. The summed E-state index contributed by atoms with van der Waals surface area (Å²) < 4.78 is 5.14. The highest BCUT2D eigenvalue weighted by atomic mass is 28.3. The molecule has 296 valence electrons. The molecule has 0 bridgehead atoms. The van der Waals surface area contributed by atoms with E-state index in [0.29, 0.717) is 0 Å². The van der Waals surface area contributed by atoms with Gasteiger partial charge in [-0.05, 0) is 61.7 Å². The monoisotopic (exact) mass is 818 g/mol. The van der Waals surface area contributed by atoms with E-state index in [1.807, 2.05) is 0 Å². The van der Waals surface area contributed by atoms with E-state index < -0.39 is 8.07 Å². The lowest BCUT2D eigenvalue weighted by molar-refractivity contribution is 1.13. The summed E-state index contributed by atoms with van der Waals surface area (Å²) >= 11 is 0.